The van der Waals surface area contributed by atoms with Crippen molar-refractivity contribution in [3.05, 3.63) is 94.7 Å². The van der Waals surface area contributed by atoms with Gasteiger partial charge in [0.15, 0.2) is 11.0 Å². The number of para-hydroxylation sites is 1. The quantitative estimate of drug-likeness (QED) is 0.304. The van der Waals surface area contributed by atoms with Gasteiger partial charge in [0.1, 0.15) is 0 Å². The molecule has 6 nitrogen and oxygen atoms in total. The second-order valence-corrected chi connectivity index (χ2v) is 8.60. The molecule has 0 bridgehead atoms. The van der Waals surface area contributed by atoms with Crippen molar-refractivity contribution in [1.82, 2.24) is 14.8 Å². The van der Waals surface area contributed by atoms with Crippen LogP contribution in [0.15, 0.2) is 84.0 Å². The molecule has 0 radical (unpaired) electrons. The lowest BCUT2D eigenvalue weighted by molar-refractivity contribution is -0.113. The van der Waals surface area contributed by atoms with E-state index < -0.39 is 0 Å². The molecule has 2 N–H and O–H groups in total. The Hall–Kier alpha value is -3.00. The highest BCUT2D eigenvalue weighted by Crippen LogP contribution is 2.24. The fourth-order valence-corrected chi connectivity index (χ4v) is 4.17. The predicted octanol–water partition coefficient (Wildman–Crippen LogP) is 5.92. The van der Waals surface area contributed by atoms with Crippen LogP contribution in [-0.2, 0) is 11.3 Å². The minimum absolute atomic E-state index is 0.154. The average Bonchev–Trinajstić information content (AvgIpc) is 3.20. The molecule has 9 heteroatoms. The van der Waals surface area contributed by atoms with Gasteiger partial charge in [0.25, 0.3) is 0 Å². The molecule has 0 atom stereocenters. The van der Waals surface area contributed by atoms with Gasteiger partial charge in [0.05, 0.1) is 12.3 Å². The molecule has 1 heterocycles. The van der Waals surface area contributed by atoms with Crippen molar-refractivity contribution in [3.63, 3.8) is 0 Å². The fraction of sp³-hybridized carbons (Fsp3) is 0.0870. The highest BCUT2D eigenvalue weighted by Gasteiger charge is 2.16. The summed E-state index contributed by atoms with van der Waals surface area (Å²) in [6.45, 7) is 0.442. The third kappa shape index (κ3) is 5.82. The van der Waals surface area contributed by atoms with E-state index >= 15 is 0 Å². The zero-order chi connectivity index (χ0) is 22.3. The number of anilines is 2. The first-order valence-corrected chi connectivity index (χ1v) is 11.5. The van der Waals surface area contributed by atoms with Crippen LogP contribution in [0, 0.1) is 0 Å². The molecule has 1 aromatic heterocycles. The van der Waals surface area contributed by atoms with Crippen molar-refractivity contribution < 1.29 is 4.79 Å². The maximum Gasteiger partial charge on any atom is 0.234 e. The minimum Gasteiger partial charge on any atom is -0.378 e. The number of nitrogens with zero attached hydrogens (tertiary/aromatic N) is 3. The third-order valence-corrected chi connectivity index (χ3v) is 5.83. The number of amides is 1. The highest BCUT2D eigenvalue weighted by molar-refractivity contribution is 7.99. The molecule has 0 aliphatic rings. The van der Waals surface area contributed by atoms with Gasteiger partial charge in [0.2, 0.25) is 5.91 Å². The second-order valence-electron chi connectivity index (χ2n) is 6.78. The van der Waals surface area contributed by atoms with Crippen LogP contribution < -0.4 is 10.6 Å². The molecule has 3 aromatic carbocycles. The summed E-state index contributed by atoms with van der Waals surface area (Å²) in [5.41, 5.74) is 2.45. The molecule has 1 amide bonds. The van der Waals surface area contributed by atoms with Crippen molar-refractivity contribution in [1.29, 1.82) is 0 Å². The van der Waals surface area contributed by atoms with Gasteiger partial charge in [-0.25, -0.2) is 0 Å². The monoisotopic (exact) mass is 483 g/mol. The molecule has 0 saturated heterocycles. The number of thioether (sulfide) groups is 1. The Kier molecular flexibility index (Phi) is 7.32. The maximum absolute atomic E-state index is 12.4. The molecule has 162 valence electrons. The number of hydrogen-bond donors (Lipinski definition) is 2. The van der Waals surface area contributed by atoms with Gasteiger partial charge in [-0.3, -0.25) is 9.36 Å². The number of nitrogens with one attached hydrogen (secondary N) is 2. The number of rotatable bonds is 8. The molecule has 0 fully saturated rings. The van der Waals surface area contributed by atoms with E-state index in [4.69, 9.17) is 23.2 Å². The van der Waals surface area contributed by atoms with Crippen LogP contribution >= 0.6 is 35.0 Å². The van der Waals surface area contributed by atoms with Crippen molar-refractivity contribution in [2.75, 3.05) is 16.4 Å². The summed E-state index contributed by atoms with van der Waals surface area (Å²) in [5.74, 6) is 0.742. The normalized spacial score (nSPS) is 10.7. The first kappa shape index (κ1) is 22.2. The summed E-state index contributed by atoms with van der Waals surface area (Å²) < 4.78 is 1.94. The first-order valence-electron chi connectivity index (χ1n) is 9.76. The van der Waals surface area contributed by atoms with Gasteiger partial charge in [-0.1, -0.05) is 65.3 Å². The SMILES string of the molecule is O=C(CSc1nnc(CNc2cccc(Cl)c2)n1-c1ccccc1)Nc1cccc(Cl)c1. The molecule has 0 saturated carbocycles. The summed E-state index contributed by atoms with van der Waals surface area (Å²) in [6.07, 6.45) is 0. The Bertz CT molecular complexity index is 1220. The molecule has 0 unspecified atom stereocenters. The number of carbonyl (C=O) groups is 1. The predicted molar refractivity (Wildman–Crippen MR) is 131 cm³/mol. The Morgan fingerprint density at radius 2 is 1.56 bits per heavy atom. The second kappa shape index (κ2) is 10.5. The lowest BCUT2D eigenvalue weighted by Crippen LogP contribution is -2.15. The third-order valence-electron chi connectivity index (χ3n) is 4.43. The smallest absolute Gasteiger partial charge is 0.234 e. The molecule has 4 rings (SSSR count). The summed E-state index contributed by atoms with van der Waals surface area (Å²) >= 11 is 13.4. The first-order chi connectivity index (χ1) is 15.6. The lowest BCUT2D eigenvalue weighted by atomic mass is 10.3. The largest absolute Gasteiger partial charge is 0.378 e. The average molecular weight is 484 g/mol. The van der Waals surface area contributed by atoms with Gasteiger partial charge in [0, 0.05) is 27.1 Å². The minimum atomic E-state index is -0.154. The number of hydrogen-bond acceptors (Lipinski definition) is 5. The molecule has 0 spiro atoms. The zero-order valence-electron chi connectivity index (χ0n) is 16.8. The topological polar surface area (TPSA) is 71.8 Å². The van der Waals surface area contributed by atoms with Gasteiger partial charge in [-0.2, -0.15) is 0 Å². The van der Waals surface area contributed by atoms with Crippen LogP contribution in [0.25, 0.3) is 5.69 Å². The standard InChI is InChI=1S/C23H19Cl2N5OS/c24-16-6-4-8-18(12-16)26-14-21-28-29-23(30(21)20-10-2-1-3-11-20)32-15-22(31)27-19-9-5-7-17(25)13-19/h1-13,26H,14-15H2,(H,27,31). The van der Waals surface area contributed by atoms with Crippen molar-refractivity contribution in [2.45, 2.75) is 11.7 Å². The van der Waals surface area contributed by atoms with Gasteiger partial charge in [-0.05, 0) is 48.5 Å². The molecule has 0 aliphatic carbocycles. The van der Waals surface area contributed by atoms with E-state index in [-0.39, 0.29) is 11.7 Å². The van der Waals surface area contributed by atoms with Crippen molar-refractivity contribution >= 4 is 52.2 Å². The van der Waals surface area contributed by atoms with Gasteiger partial charge < -0.3 is 10.6 Å². The van der Waals surface area contributed by atoms with E-state index in [1.165, 1.54) is 11.8 Å². The zero-order valence-corrected chi connectivity index (χ0v) is 19.2. The Morgan fingerprint density at radius 1 is 0.875 bits per heavy atom. The Balaban J connectivity index is 1.49. The van der Waals surface area contributed by atoms with Crippen molar-refractivity contribution in [3.8, 4) is 5.69 Å². The van der Waals surface area contributed by atoms with Gasteiger partial charge >= 0.3 is 0 Å². The van der Waals surface area contributed by atoms with E-state index in [2.05, 4.69) is 20.8 Å². The van der Waals surface area contributed by atoms with Crippen LogP contribution in [0.2, 0.25) is 10.0 Å². The fourth-order valence-electron chi connectivity index (χ4n) is 3.02. The molecular formula is C23H19Cl2N5OS. The van der Waals surface area contributed by atoms with Crippen LogP contribution in [-0.4, -0.2) is 26.4 Å². The van der Waals surface area contributed by atoms with E-state index in [1.807, 2.05) is 59.2 Å². The summed E-state index contributed by atoms with van der Waals surface area (Å²) in [7, 11) is 0. The summed E-state index contributed by atoms with van der Waals surface area (Å²) in [4.78, 5) is 12.4. The molecular weight excluding hydrogens is 465 g/mol. The summed E-state index contributed by atoms with van der Waals surface area (Å²) in [6, 6.07) is 24.3. The number of aromatic nitrogens is 3. The van der Waals surface area contributed by atoms with E-state index in [9.17, 15) is 4.79 Å². The maximum atomic E-state index is 12.4. The van der Waals surface area contributed by atoms with Crippen molar-refractivity contribution in [2.24, 2.45) is 0 Å². The van der Waals surface area contributed by atoms with Crippen LogP contribution in [0.3, 0.4) is 0 Å². The van der Waals surface area contributed by atoms with E-state index in [0.717, 1.165) is 11.4 Å². The van der Waals surface area contributed by atoms with Crippen LogP contribution in [0.4, 0.5) is 11.4 Å². The number of carbonyl (C=O) groups excluding carboxylic acids is 1. The lowest BCUT2D eigenvalue weighted by Gasteiger charge is -2.11. The molecule has 32 heavy (non-hydrogen) atoms. The number of halogens is 2. The van der Waals surface area contributed by atoms with Crippen LogP contribution in [0.1, 0.15) is 5.82 Å². The number of benzene rings is 3. The van der Waals surface area contributed by atoms with E-state index in [0.29, 0.717) is 33.3 Å². The Morgan fingerprint density at radius 3 is 2.28 bits per heavy atom. The van der Waals surface area contributed by atoms with Crippen LogP contribution in [0.5, 0.6) is 0 Å². The Labute approximate surface area is 200 Å². The highest BCUT2D eigenvalue weighted by atomic mass is 35.5. The van der Waals surface area contributed by atoms with E-state index in [1.54, 1.807) is 24.3 Å². The molecule has 0 aliphatic heterocycles. The summed E-state index contributed by atoms with van der Waals surface area (Å²) in [5, 5.41) is 16.7. The van der Waals surface area contributed by atoms with Gasteiger partial charge in [-0.15, -0.1) is 10.2 Å². The molecule has 4 aromatic rings.